The van der Waals surface area contributed by atoms with Gasteiger partial charge in [-0.3, -0.25) is 14.5 Å². The number of benzene rings is 2. The normalized spacial score (nSPS) is 16.5. The molecule has 1 aromatic heterocycles. The minimum Gasteiger partial charge on any atom is -0.467 e. The Morgan fingerprint density at radius 2 is 1.97 bits per heavy atom. The van der Waals surface area contributed by atoms with Crippen molar-refractivity contribution in [1.82, 2.24) is 10.2 Å². The minimum atomic E-state index is -0.261. The number of halogens is 1. The standard InChI is InChI=1S/C25H26ClN3O3/c26-20-8-3-6-18(14-20)16-29-12-4-7-19(17-29)24(30)28-23-11-2-1-10-22(23)25(31)27-15-21-9-5-13-32-21/h1-3,5-6,8-11,13-14,19H,4,7,12,15-17H2,(H,27,31)(H,28,30). The Kier molecular flexibility index (Phi) is 7.24. The number of rotatable bonds is 7. The van der Waals surface area contributed by atoms with E-state index in [1.807, 2.05) is 30.3 Å². The quantitative estimate of drug-likeness (QED) is 0.545. The lowest BCUT2D eigenvalue weighted by molar-refractivity contribution is -0.121. The fourth-order valence-corrected chi connectivity index (χ4v) is 4.22. The summed E-state index contributed by atoms with van der Waals surface area (Å²) in [6, 6.07) is 18.4. The molecule has 4 rings (SSSR count). The zero-order valence-electron chi connectivity index (χ0n) is 17.7. The van der Waals surface area contributed by atoms with Gasteiger partial charge >= 0.3 is 0 Å². The van der Waals surface area contributed by atoms with Crippen LogP contribution in [0.4, 0.5) is 5.69 Å². The summed E-state index contributed by atoms with van der Waals surface area (Å²) in [5.41, 5.74) is 2.08. The van der Waals surface area contributed by atoms with Gasteiger partial charge in [0.1, 0.15) is 5.76 Å². The van der Waals surface area contributed by atoms with Gasteiger partial charge in [0.25, 0.3) is 5.91 Å². The van der Waals surface area contributed by atoms with E-state index in [0.29, 0.717) is 23.6 Å². The second kappa shape index (κ2) is 10.5. The summed E-state index contributed by atoms with van der Waals surface area (Å²) in [5, 5.41) is 6.53. The molecule has 2 aromatic carbocycles. The highest BCUT2D eigenvalue weighted by molar-refractivity contribution is 6.30. The fraction of sp³-hybridized carbons (Fsp3) is 0.280. The summed E-state index contributed by atoms with van der Waals surface area (Å²) in [7, 11) is 0. The maximum absolute atomic E-state index is 13.0. The van der Waals surface area contributed by atoms with Crippen molar-refractivity contribution in [3.05, 3.63) is 88.8 Å². The monoisotopic (exact) mass is 451 g/mol. The van der Waals surface area contributed by atoms with Crippen LogP contribution in [0, 0.1) is 5.92 Å². The van der Waals surface area contributed by atoms with Gasteiger partial charge in [0, 0.05) is 18.1 Å². The Labute approximate surface area is 192 Å². The van der Waals surface area contributed by atoms with Gasteiger partial charge in [0.2, 0.25) is 5.91 Å². The van der Waals surface area contributed by atoms with Crippen molar-refractivity contribution < 1.29 is 14.0 Å². The van der Waals surface area contributed by atoms with E-state index in [1.54, 1.807) is 36.6 Å². The van der Waals surface area contributed by atoms with E-state index in [-0.39, 0.29) is 24.3 Å². The van der Waals surface area contributed by atoms with Gasteiger partial charge in [-0.15, -0.1) is 0 Å². The van der Waals surface area contributed by atoms with Gasteiger partial charge in [0.05, 0.1) is 30.0 Å². The minimum absolute atomic E-state index is 0.0629. The number of hydrogen-bond donors (Lipinski definition) is 2. The van der Waals surface area contributed by atoms with Crippen LogP contribution in [-0.2, 0) is 17.9 Å². The number of piperidine rings is 1. The van der Waals surface area contributed by atoms with Gasteiger partial charge in [-0.2, -0.15) is 0 Å². The molecule has 0 bridgehead atoms. The largest absolute Gasteiger partial charge is 0.467 e. The fourth-order valence-electron chi connectivity index (χ4n) is 4.01. The number of amides is 2. The number of likely N-dealkylation sites (tertiary alicyclic amines) is 1. The third-order valence-corrected chi connectivity index (χ3v) is 5.84. The Balaban J connectivity index is 1.37. The van der Waals surface area contributed by atoms with Gasteiger partial charge in [0.15, 0.2) is 0 Å². The number of anilines is 1. The summed E-state index contributed by atoms with van der Waals surface area (Å²) in [6.45, 7) is 2.67. The average molecular weight is 452 g/mol. The average Bonchev–Trinajstić information content (AvgIpc) is 3.32. The van der Waals surface area contributed by atoms with Crippen LogP contribution in [0.2, 0.25) is 5.02 Å². The van der Waals surface area contributed by atoms with Gasteiger partial charge in [-0.05, 0) is 61.3 Å². The molecule has 1 saturated heterocycles. The highest BCUT2D eigenvalue weighted by Crippen LogP contribution is 2.23. The van der Waals surface area contributed by atoms with Crippen molar-refractivity contribution in [1.29, 1.82) is 0 Å². The second-order valence-corrected chi connectivity index (χ2v) is 8.44. The van der Waals surface area contributed by atoms with Crippen LogP contribution in [0.15, 0.2) is 71.3 Å². The molecular weight excluding hydrogens is 426 g/mol. The van der Waals surface area contributed by atoms with Crippen molar-refractivity contribution in [3.8, 4) is 0 Å². The number of hydrogen-bond acceptors (Lipinski definition) is 4. The van der Waals surface area contributed by atoms with E-state index in [0.717, 1.165) is 36.5 Å². The molecule has 2 N–H and O–H groups in total. The highest BCUT2D eigenvalue weighted by Gasteiger charge is 2.26. The lowest BCUT2D eigenvalue weighted by Crippen LogP contribution is -2.40. The summed E-state index contributed by atoms with van der Waals surface area (Å²) >= 11 is 6.10. The highest BCUT2D eigenvalue weighted by atomic mass is 35.5. The van der Waals surface area contributed by atoms with Crippen LogP contribution in [0.5, 0.6) is 0 Å². The molecule has 2 heterocycles. The van der Waals surface area contributed by atoms with Crippen LogP contribution in [0.3, 0.4) is 0 Å². The zero-order chi connectivity index (χ0) is 22.3. The van der Waals surface area contributed by atoms with E-state index in [4.69, 9.17) is 16.0 Å². The number of furan rings is 1. The molecule has 0 radical (unpaired) electrons. The molecule has 1 unspecified atom stereocenters. The van der Waals surface area contributed by atoms with Crippen molar-refractivity contribution in [2.75, 3.05) is 18.4 Å². The smallest absolute Gasteiger partial charge is 0.253 e. The lowest BCUT2D eigenvalue weighted by atomic mass is 9.96. The van der Waals surface area contributed by atoms with Crippen molar-refractivity contribution in [2.24, 2.45) is 5.92 Å². The Hall–Kier alpha value is -3.09. The van der Waals surface area contributed by atoms with Crippen LogP contribution in [0.25, 0.3) is 0 Å². The first kappa shape index (κ1) is 22.1. The van der Waals surface area contributed by atoms with E-state index in [2.05, 4.69) is 15.5 Å². The lowest BCUT2D eigenvalue weighted by Gasteiger charge is -2.32. The molecule has 0 spiro atoms. The van der Waals surface area contributed by atoms with E-state index in [9.17, 15) is 9.59 Å². The summed E-state index contributed by atoms with van der Waals surface area (Å²) in [4.78, 5) is 28.0. The predicted molar refractivity (Wildman–Crippen MR) is 124 cm³/mol. The van der Waals surface area contributed by atoms with Crippen molar-refractivity contribution in [2.45, 2.75) is 25.9 Å². The maximum atomic E-state index is 13.0. The Morgan fingerprint density at radius 1 is 1.09 bits per heavy atom. The Bertz CT molecular complexity index is 1070. The second-order valence-electron chi connectivity index (χ2n) is 8.00. The molecule has 0 saturated carbocycles. The molecule has 0 aliphatic carbocycles. The molecule has 7 heteroatoms. The first-order chi connectivity index (χ1) is 15.6. The van der Waals surface area contributed by atoms with Crippen LogP contribution in [-0.4, -0.2) is 29.8 Å². The van der Waals surface area contributed by atoms with Crippen LogP contribution < -0.4 is 10.6 Å². The summed E-state index contributed by atoms with van der Waals surface area (Å²) in [6.07, 6.45) is 3.34. The molecule has 1 aliphatic rings. The number of carbonyl (C=O) groups is 2. The van der Waals surface area contributed by atoms with E-state index in [1.165, 1.54) is 0 Å². The zero-order valence-corrected chi connectivity index (χ0v) is 18.5. The molecule has 1 aliphatic heterocycles. The number of nitrogens with zero attached hydrogens (tertiary/aromatic N) is 1. The van der Waals surface area contributed by atoms with Crippen LogP contribution >= 0.6 is 11.6 Å². The third-order valence-electron chi connectivity index (χ3n) is 5.60. The molecule has 1 fully saturated rings. The van der Waals surface area contributed by atoms with E-state index >= 15 is 0 Å². The topological polar surface area (TPSA) is 74.6 Å². The van der Waals surface area contributed by atoms with Crippen LogP contribution in [0.1, 0.15) is 34.5 Å². The SMILES string of the molecule is O=C(NCc1ccco1)c1ccccc1NC(=O)C1CCCN(Cc2cccc(Cl)c2)C1. The van der Waals surface area contributed by atoms with Crippen molar-refractivity contribution >= 4 is 29.1 Å². The molecule has 166 valence electrons. The number of para-hydroxylation sites is 1. The first-order valence-electron chi connectivity index (χ1n) is 10.8. The molecule has 6 nitrogen and oxygen atoms in total. The molecule has 2 amide bonds. The Morgan fingerprint density at radius 3 is 2.78 bits per heavy atom. The third kappa shape index (κ3) is 5.78. The van der Waals surface area contributed by atoms with Gasteiger partial charge < -0.3 is 15.1 Å². The molecule has 3 aromatic rings. The van der Waals surface area contributed by atoms with Crippen molar-refractivity contribution in [3.63, 3.8) is 0 Å². The molecule has 32 heavy (non-hydrogen) atoms. The molecular formula is C25H26ClN3O3. The number of nitrogens with one attached hydrogen (secondary N) is 2. The van der Waals surface area contributed by atoms with Gasteiger partial charge in [-0.1, -0.05) is 35.9 Å². The first-order valence-corrected chi connectivity index (χ1v) is 11.1. The van der Waals surface area contributed by atoms with Gasteiger partial charge in [-0.25, -0.2) is 0 Å². The van der Waals surface area contributed by atoms with E-state index < -0.39 is 0 Å². The summed E-state index contributed by atoms with van der Waals surface area (Å²) in [5.74, 6) is 0.208. The molecule has 1 atom stereocenters. The maximum Gasteiger partial charge on any atom is 0.253 e. The predicted octanol–water partition coefficient (Wildman–Crippen LogP) is 4.71. The number of carbonyl (C=O) groups excluding carboxylic acids is 2. The summed E-state index contributed by atoms with van der Waals surface area (Å²) < 4.78 is 5.26.